The Morgan fingerprint density at radius 1 is 1.70 bits per heavy atom. The van der Waals surface area contributed by atoms with Gasteiger partial charge in [-0.1, -0.05) is 5.92 Å². The van der Waals surface area contributed by atoms with Crippen molar-refractivity contribution in [3.8, 4) is 11.8 Å². The van der Waals surface area contributed by atoms with Crippen molar-refractivity contribution in [2.45, 2.75) is 13.3 Å². The van der Waals surface area contributed by atoms with E-state index in [4.69, 9.17) is 0 Å². The average Bonchev–Trinajstić information content (AvgIpc) is 1.85. The van der Waals surface area contributed by atoms with E-state index in [1.165, 1.54) is 6.92 Å². The molecule has 56 valence electrons. The van der Waals surface area contributed by atoms with Crippen molar-refractivity contribution in [2.75, 3.05) is 6.54 Å². The molecule has 0 radical (unpaired) electrons. The van der Waals surface area contributed by atoms with Crippen LogP contribution in [0, 0.1) is 11.8 Å². The largest absolute Gasteiger partial charge is 0.340 e. The standard InChI is InChI=1S/C6H7F2NO/c1-2-3-6(10)9-4-5(7)8/h5H,4H2,1H3,(H,9,10). The Balaban J connectivity index is 3.47. The first-order chi connectivity index (χ1) is 4.66. The van der Waals surface area contributed by atoms with Crippen LogP contribution in [0.4, 0.5) is 8.78 Å². The zero-order chi connectivity index (χ0) is 7.98. The summed E-state index contributed by atoms with van der Waals surface area (Å²) in [4.78, 5) is 10.3. The van der Waals surface area contributed by atoms with E-state index in [0.717, 1.165) is 0 Å². The number of nitrogens with one attached hydrogen (secondary N) is 1. The lowest BCUT2D eigenvalue weighted by atomic mass is 10.5. The fraction of sp³-hybridized carbons (Fsp3) is 0.500. The Morgan fingerprint density at radius 2 is 2.30 bits per heavy atom. The zero-order valence-corrected chi connectivity index (χ0v) is 5.45. The van der Waals surface area contributed by atoms with Crippen molar-refractivity contribution < 1.29 is 13.6 Å². The van der Waals surface area contributed by atoms with Crippen molar-refractivity contribution in [3.63, 3.8) is 0 Å². The molecule has 0 heterocycles. The number of amides is 1. The van der Waals surface area contributed by atoms with Crippen LogP contribution in [0.25, 0.3) is 0 Å². The highest BCUT2D eigenvalue weighted by atomic mass is 19.3. The fourth-order valence-corrected chi connectivity index (χ4v) is 0.328. The first kappa shape index (κ1) is 8.89. The number of hydrogen-bond acceptors (Lipinski definition) is 1. The predicted molar refractivity (Wildman–Crippen MR) is 32.5 cm³/mol. The van der Waals surface area contributed by atoms with E-state index in [2.05, 4.69) is 11.8 Å². The number of alkyl halides is 2. The monoisotopic (exact) mass is 147 g/mol. The molecule has 1 N–H and O–H groups in total. The summed E-state index contributed by atoms with van der Waals surface area (Å²) in [6.07, 6.45) is -2.51. The van der Waals surface area contributed by atoms with E-state index >= 15 is 0 Å². The second-order valence-corrected chi connectivity index (χ2v) is 1.48. The van der Waals surface area contributed by atoms with Gasteiger partial charge < -0.3 is 5.32 Å². The second kappa shape index (κ2) is 4.74. The lowest BCUT2D eigenvalue weighted by Crippen LogP contribution is -2.26. The maximum atomic E-state index is 11.4. The third kappa shape index (κ3) is 5.04. The molecule has 0 aliphatic heterocycles. The Hall–Kier alpha value is -1.11. The van der Waals surface area contributed by atoms with Gasteiger partial charge in [-0.15, -0.1) is 0 Å². The molecule has 2 nitrogen and oxygen atoms in total. The molecule has 0 fully saturated rings. The van der Waals surface area contributed by atoms with Crippen LogP contribution in [0.15, 0.2) is 0 Å². The highest BCUT2D eigenvalue weighted by Gasteiger charge is 2.02. The highest BCUT2D eigenvalue weighted by molar-refractivity contribution is 5.93. The molecule has 0 saturated carbocycles. The molecule has 0 bridgehead atoms. The van der Waals surface area contributed by atoms with Gasteiger partial charge in [0.25, 0.3) is 12.3 Å². The summed E-state index contributed by atoms with van der Waals surface area (Å²) in [7, 11) is 0. The Labute approximate surface area is 57.6 Å². The summed E-state index contributed by atoms with van der Waals surface area (Å²) in [5.41, 5.74) is 0. The lowest BCUT2D eigenvalue weighted by molar-refractivity contribution is -0.116. The number of halogens is 2. The quantitative estimate of drug-likeness (QED) is 0.562. The topological polar surface area (TPSA) is 29.1 Å². The molecule has 1 amide bonds. The van der Waals surface area contributed by atoms with Crippen LogP contribution < -0.4 is 5.32 Å². The van der Waals surface area contributed by atoms with Gasteiger partial charge in [0.15, 0.2) is 0 Å². The smallest absolute Gasteiger partial charge is 0.296 e. The Bertz CT molecular complexity index is 168. The van der Waals surface area contributed by atoms with Gasteiger partial charge in [0.05, 0.1) is 6.54 Å². The molecule has 0 atom stereocenters. The van der Waals surface area contributed by atoms with Gasteiger partial charge in [-0.3, -0.25) is 4.79 Å². The summed E-state index contributed by atoms with van der Waals surface area (Å²) in [6.45, 7) is 0.829. The summed E-state index contributed by atoms with van der Waals surface area (Å²) >= 11 is 0. The van der Waals surface area contributed by atoms with Gasteiger partial charge in [0.1, 0.15) is 0 Å². The van der Waals surface area contributed by atoms with E-state index in [1.807, 2.05) is 5.32 Å². The molecule has 10 heavy (non-hydrogen) atoms. The summed E-state index contributed by atoms with van der Waals surface area (Å²) < 4.78 is 22.7. The molecule has 0 unspecified atom stereocenters. The number of carbonyl (C=O) groups excluding carboxylic acids is 1. The molecule has 0 aliphatic carbocycles. The first-order valence-electron chi connectivity index (χ1n) is 2.65. The number of hydrogen-bond donors (Lipinski definition) is 1. The number of rotatable bonds is 2. The molecule has 0 spiro atoms. The maximum Gasteiger partial charge on any atom is 0.296 e. The van der Waals surface area contributed by atoms with Gasteiger partial charge >= 0.3 is 0 Å². The van der Waals surface area contributed by atoms with Gasteiger partial charge in [0.2, 0.25) is 0 Å². The fourth-order valence-electron chi connectivity index (χ4n) is 0.328. The molecule has 0 rings (SSSR count). The SMILES string of the molecule is CC#CC(=O)NCC(F)F. The van der Waals surface area contributed by atoms with Crippen LogP contribution in [0.3, 0.4) is 0 Å². The minimum atomic E-state index is -2.51. The van der Waals surface area contributed by atoms with Crippen molar-refractivity contribution in [3.05, 3.63) is 0 Å². The minimum absolute atomic E-state index is 0.631. The molecule has 0 aromatic rings. The highest BCUT2D eigenvalue weighted by Crippen LogP contribution is 1.86. The molecular weight excluding hydrogens is 140 g/mol. The van der Waals surface area contributed by atoms with E-state index in [0.29, 0.717) is 0 Å². The van der Waals surface area contributed by atoms with Crippen LogP contribution in [-0.4, -0.2) is 18.9 Å². The second-order valence-electron chi connectivity index (χ2n) is 1.48. The summed E-state index contributed by atoms with van der Waals surface area (Å²) in [5.74, 6) is 3.69. The van der Waals surface area contributed by atoms with E-state index in [9.17, 15) is 13.6 Å². The third-order valence-electron chi connectivity index (χ3n) is 0.655. The summed E-state index contributed by atoms with van der Waals surface area (Å²) in [5, 5.41) is 1.92. The van der Waals surface area contributed by atoms with E-state index in [-0.39, 0.29) is 0 Å². The molecule has 0 aromatic heterocycles. The van der Waals surface area contributed by atoms with Crippen molar-refractivity contribution in [1.82, 2.24) is 5.32 Å². The summed E-state index contributed by atoms with van der Waals surface area (Å²) in [6, 6.07) is 0. The van der Waals surface area contributed by atoms with Crippen molar-refractivity contribution >= 4 is 5.91 Å². The van der Waals surface area contributed by atoms with Crippen molar-refractivity contribution in [2.24, 2.45) is 0 Å². The van der Waals surface area contributed by atoms with E-state index < -0.39 is 18.9 Å². The number of carbonyl (C=O) groups is 1. The van der Waals surface area contributed by atoms with Gasteiger partial charge in [-0.05, 0) is 12.8 Å². The minimum Gasteiger partial charge on any atom is -0.340 e. The first-order valence-corrected chi connectivity index (χ1v) is 2.65. The normalized spacial score (nSPS) is 8.40. The zero-order valence-electron chi connectivity index (χ0n) is 5.45. The van der Waals surface area contributed by atoms with Gasteiger partial charge in [-0.25, -0.2) is 8.78 Å². The van der Waals surface area contributed by atoms with E-state index in [1.54, 1.807) is 0 Å². The van der Waals surface area contributed by atoms with Crippen LogP contribution in [0.1, 0.15) is 6.92 Å². The predicted octanol–water partition coefficient (Wildman–Crippen LogP) is 0.391. The van der Waals surface area contributed by atoms with Crippen LogP contribution >= 0.6 is 0 Å². The maximum absolute atomic E-state index is 11.4. The lowest BCUT2D eigenvalue weighted by Gasteiger charge is -1.96. The Kier molecular flexibility index (Phi) is 4.21. The molecule has 0 saturated heterocycles. The molecule has 4 heteroatoms. The molecular formula is C6H7F2NO. The van der Waals surface area contributed by atoms with Crippen LogP contribution in [-0.2, 0) is 4.79 Å². The molecule has 0 aliphatic rings. The van der Waals surface area contributed by atoms with Gasteiger partial charge in [-0.2, -0.15) is 0 Å². The molecule has 0 aromatic carbocycles. The van der Waals surface area contributed by atoms with Crippen LogP contribution in [0.5, 0.6) is 0 Å². The van der Waals surface area contributed by atoms with Gasteiger partial charge in [0, 0.05) is 0 Å². The third-order valence-corrected chi connectivity index (χ3v) is 0.655. The van der Waals surface area contributed by atoms with Crippen LogP contribution in [0.2, 0.25) is 0 Å². The average molecular weight is 147 g/mol. The Morgan fingerprint density at radius 3 is 2.70 bits per heavy atom. The van der Waals surface area contributed by atoms with Crippen molar-refractivity contribution in [1.29, 1.82) is 0 Å².